The van der Waals surface area contributed by atoms with Gasteiger partial charge in [-0.25, -0.2) is 14.2 Å². The predicted molar refractivity (Wildman–Crippen MR) is 134 cm³/mol. The minimum Gasteiger partial charge on any atom is -0.493 e. The van der Waals surface area contributed by atoms with Crippen molar-refractivity contribution in [3.05, 3.63) is 96.4 Å². The van der Waals surface area contributed by atoms with Crippen molar-refractivity contribution in [3.8, 4) is 11.5 Å². The summed E-state index contributed by atoms with van der Waals surface area (Å²) in [5, 5.41) is 0.789. The van der Waals surface area contributed by atoms with E-state index in [9.17, 15) is 9.18 Å². The summed E-state index contributed by atoms with van der Waals surface area (Å²) in [6.07, 6.45) is 1.58. The van der Waals surface area contributed by atoms with Gasteiger partial charge < -0.3 is 14.2 Å². The third-order valence-electron chi connectivity index (χ3n) is 4.61. The van der Waals surface area contributed by atoms with Gasteiger partial charge in [0.25, 0.3) is 0 Å². The number of rotatable bonds is 6. The molecule has 3 aromatic rings. The predicted octanol–water partition coefficient (Wildman–Crippen LogP) is 6.67. The molecule has 0 bridgehead atoms. The molecule has 0 N–H and O–H groups in total. The number of halogens is 4. The molecule has 33 heavy (non-hydrogen) atoms. The summed E-state index contributed by atoms with van der Waals surface area (Å²) in [7, 11) is 1.51. The van der Waals surface area contributed by atoms with Crippen molar-refractivity contribution in [2.24, 2.45) is 4.99 Å². The molecule has 0 amide bonds. The minimum absolute atomic E-state index is 0.102. The second-order valence-corrected chi connectivity index (χ2v) is 8.92. The third kappa shape index (κ3) is 5.48. The number of ether oxygens (including phenoxy) is 3. The summed E-state index contributed by atoms with van der Waals surface area (Å²) in [6, 6.07) is 14.5. The van der Waals surface area contributed by atoms with E-state index in [1.54, 1.807) is 42.5 Å². The van der Waals surface area contributed by atoms with Crippen LogP contribution in [0.15, 0.2) is 65.3 Å². The molecule has 5 nitrogen and oxygen atoms in total. The van der Waals surface area contributed by atoms with Crippen molar-refractivity contribution in [3.63, 3.8) is 0 Å². The van der Waals surface area contributed by atoms with Crippen molar-refractivity contribution < 1.29 is 23.4 Å². The fraction of sp³-hybridized carbons (Fsp3) is 0.0833. The van der Waals surface area contributed by atoms with E-state index < -0.39 is 5.97 Å². The van der Waals surface area contributed by atoms with Gasteiger partial charge in [-0.1, -0.05) is 35.3 Å². The molecular weight excluding hydrogens is 583 g/mol. The topological polar surface area (TPSA) is 57.1 Å². The van der Waals surface area contributed by atoms with Crippen molar-refractivity contribution in [1.82, 2.24) is 0 Å². The average molecular weight is 598 g/mol. The van der Waals surface area contributed by atoms with Crippen LogP contribution in [-0.2, 0) is 16.1 Å². The lowest BCUT2D eigenvalue weighted by Crippen LogP contribution is -2.06. The van der Waals surface area contributed by atoms with Crippen LogP contribution < -0.4 is 9.47 Å². The van der Waals surface area contributed by atoms with Crippen molar-refractivity contribution in [2.75, 3.05) is 7.11 Å². The van der Waals surface area contributed by atoms with Gasteiger partial charge >= 0.3 is 5.97 Å². The maximum Gasteiger partial charge on any atom is 0.363 e. The van der Waals surface area contributed by atoms with Gasteiger partial charge in [0.2, 0.25) is 5.90 Å². The van der Waals surface area contributed by atoms with Gasteiger partial charge in [-0.15, -0.1) is 0 Å². The molecule has 0 saturated carbocycles. The maximum atomic E-state index is 13.4. The zero-order valence-corrected chi connectivity index (χ0v) is 20.7. The minimum atomic E-state index is -0.601. The highest BCUT2D eigenvalue weighted by atomic mass is 127. The summed E-state index contributed by atoms with van der Waals surface area (Å²) in [5.41, 5.74) is 1.93. The van der Waals surface area contributed by atoms with Crippen molar-refractivity contribution in [1.29, 1.82) is 0 Å². The molecule has 0 aromatic heterocycles. The van der Waals surface area contributed by atoms with E-state index in [2.05, 4.69) is 27.6 Å². The van der Waals surface area contributed by atoms with Crippen LogP contribution >= 0.6 is 45.8 Å². The number of carbonyl (C=O) groups excluding carboxylic acids is 1. The first-order valence-electron chi connectivity index (χ1n) is 9.57. The number of aliphatic imine (C=N–C) groups is 1. The molecule has 0 saturated heterocycles. The van der Waals surface area contributed by atoms with E-state index in [4.69, 9.17) is 37.4 Å². The van der Waals surface area contributed by atoms with Gasteiger partial charge in [-0.2, -0.15) is 0 Å². The number of hydrogen-bond donors (Lipinski definition) is 0. The highest BCUT2D eigenvalue weighted by Gasteiger charge is 2.26. The molecule has 9 heteroatoms. The number of nitrogens with zero attached hydrogens (tertiary/aromatic N) is 1. The summed E-state index contributed by atoms with van der Waals surface area (Å²) in [6.45, 7) is 0.173. The molecule has 4 rings (SSSR count). The summed E-state index contributed by atoms with van der Waals surface area (Å²) >= 11 is 14.2. The third-order valence-corrected chi connectivity index (χ3v) is 5.96. The summed E-state index contributed by atoms with van der Waals surface area (Å²) in [4.78, 5) is 16.7. The number of methoxy groups -OCH3 is 1. The molecule has 1 heterocycles. The average Bonchev–Trinajstić information content (AvgIpc) is 3.12. The van der Waals surface area contributed by atoms with Gasteiger partial charge in [0, 0.05) is 5.02 Å². The Morgan fingerprint density at radius 3 is 2.70 bits per heavy atom. The van der Waals surface area contributed by atoms with Crippen LogP contribution in [0.5, 0.6) is 11.5 Å². The Labute approximate surface area is 212 Å². The number of carbonyl (C=O) groups is 1. The highest BCUT2D eigenvalue weighted by Crippen LogP contribution is 2.36. The van der Waals surface area contributed by atoms with E-state index in [1.165, 1.54) is 19.2 Å². The highest BCUT2D eigenvalue weighted by molar-refractivity contribution is 14.1. The first-order chi connectivity index (χ1) is 15.8. The number of hydrogen-bond acceptors (Lipinski definition) is 5. The SMILES string of the molecule is COc1cc(/C=C2\N=C(c3ccc(Cl)cc3Cl)OC2=O)cc(I)c1OCc1cccc(F)c1. The monoisotopic (exact) mass is 597 g/mol. The van der Waals surface area contributed by atoms with E-state index in [1.807, 2.05) is 6.07 Å². The van der Waals surface area contributed by atoms with Crippen molar-refractivity contribution in [2.45, 2.75) is 6.61 Å². The molecule has 0 spiro atoms. The van der Waals surface area contributed by atoms with Crippen LogP contribution in [0.25, 0.3) is 6.08 Å². The van der Waals surface area contributed by atoms with E-state index >= 15 is 0 Å². The molecule has 0 unspecified atom stereocenters. The second-order valence-electron chi connectivity index (χ2n) is 6.91. The number of esters is 1. The normalized spacial score (nSPS) is 14.3. The lowest BCUT2D eigenvalue weighted by Gasteiger charge is -2.14. The van der Waals surface area contributed by atoms with E-state index in [0.717, 1.165) is 3.57 Å². The van der Waals surface area contributed by atoms with E-state index in [-0.39, 0.29) is 24.0 Å². The van der Waals surface area contributed by atoms with Crippen molar-refractivity contribution >= 4 is 63.7 Å². The zero-order chi connectivity index (χ0) is 23.5. The zero-order valence-electron chi connectivity index (χ0n) is 17.1. The van der Waals surface area contributed by atoms with Crippen LogP contribution in [0.3, 0.4) is 0 Å². The van der Waals surface area contributed by atoms with Crippen LogP contribution in [0.2, 0.25) is 10.0 Å². The molecule has 1 aliphatic rings. The van der Waals surface area contributed by atoms with Gasteiger partial charge in [-0.3, -0.25) is 0 Å². The maximum absolute atomic E-state index is 13.4. The molecule has 168 valence electrons. The molecule has 3 aromatic carbocycles. The Hall–Kier alpha value is -2.62. The van der Waals surface area contributed by atoms with Gasteiger partial charge in [0.1, 0.15) is 12.4 Å². The Kier molecular flexibility index (Phi) is 7.21. The molecular formula is C24H15Cl2FINO4. The molecule has 0 atom stereocenters. The lowest BCUT2D eigenvalue weighted by molar-refractivity contribution is -0.129. The first-order valence-corrected chi connectivity index (χ1v) is 11.4. The Morgan fingerprint density at radius 1 is 1.15 bits per heavy atom. The Balaban J connectivity index is 1.60. The fourth-order valence-electron chi connectivity index (χ4n) is 3.09. The van der Waals surface area contributed by atoms with Gasteiger partial charge in [-0.05, 0) is 82.3 Å². The van der Waals surface area contributed by atoms with Crippen LogP contribution in [0.1, 0.15) is 16.7 Å². The smallest absolute Gasteiger partial charge is 0.363 e. The summed E-state index contributed by atoms with van der Waals surface area (Å²) < 4.78 is 30.8. The fourth-order valence-corrected chi connectivity index (χ4v) is 4.36. The summed E-state index contributed by atoms with van der Waals surface area (Å²) in [5.74, 6) is 0.140. The largest absolute Gasteiger partial charge is 0.493 e. The van der Waals surface area contributed by atoms with Crippen LogP contribution in [-0.4, -0.2) is 19.0 Å². The molecule has 0 fully saturated rings. The molecule has 0 radical (unpaired) electrons. The standard InChI is InChI=1S/C24H15Cl2FINO4/c1-31-21-10-14(8-19(28)22(21)32-12-13-3-2-4-16(27)7-13)9-20-24(30)33-23(29-20)17-6-5-15(25)11-18(17)26/h2-11H,12H2,1H3/b20-9-. The van der Waals surface area contributed by atoms with Gasteiger partial charge in [0.15, 0.2) is 17.2 Å². The molecule has 0 aliphatic carbocycles. The Morgan fingerprint density at radius 2 is 1.97 bits per heavy atom. The van der Waals surface area contributed by atoms with E-state index in [0.29, 0.717) is 38.2 Å². The number of benzene rings is 3. The Bertz CT molecular complexity index is 1310. The van der Waals surface area contributed by atoms with Gasteiger partial charge in [0.05, 0.1) is 21.3 Å². The molecule has 1 aliphatic heterocycles. The quantitative estimate of drug-likeness (QED) is 0.181. The first kappa shape index (κ1) is 23.5. The number of cyclic esters (lactones) is 1. The second kappa shape index (κ2) is 10.1. The van der Waals surface area contributed by atoms with Crippen LogP contribution in [0.4, 0.5) is 4.39 Å². The lowest BCUT2D eigenvalue weighted by atomic mass is 10.1. The van der Waals surface area contributed by atoms with Crippen LogP contribution in [0, 0.1) is 9.39 Å².